The Hall–Kier alpha value is -1.88. The standard InChI is InChI=1S/C25H34O5/c1-15-11-12-24(5)21(9-10-22-25(24,6)30-22)23(15,4)14-18-13-19(28-16(2)26)7-8-20(18)29-17(3)27/h7-8,13,15,21-22H,9-12,14H2,1-6H3/t15-,21+,22+,23-,24+,25-/m0/s1. The van der Waals surface area contributed by atoms with Crippen LogP contribution >= 0.6 is 0 Å². The zero-order valence-electron chi connectivity index (χ0n) is 19.0. The van der Waals surface area contributed by atoms with Crippen molar-refractivity contribution >= 4 is 11.9 Å². The summed E-state index contributed by atoms with van der Waals surface area (Å²) in [5, 5.41) is 0. The molecule has 1 aliphatic heterocycles. The molecule has 0 N–H and O–H groups in total. The lowest BCUT2D eigenvalue weighted by Crippen LogP contribution is -2.56. The number of fused-ring (bicyclic) bond motifs is 3. The first-order valence-electron chi connectivity index (χ1n) is 11.2. The Balaban J connectivity index is 1.72. The maximum absolute atomic E-state index is 11.7. The summed E-state index contributed by atoms with van der Waals surface area (Å²) in [5.41, 5.74) is 1.07. The summed E-state index contributed by atoms with van der Waals surface area (Å²) in [6.07, 6.45) is 5.79. The van der Waals surface area contributed by atoms with Crippen molar-refractivity contribution in [3.63, 3.8) is 0 Å². The van der Waals surface area contributed by atoms with Gasteiger partial charge in [0, 0.05) is 19.3 Å². The smallest absolute Gasteiger partial charge is 0.308 e. The summed E-state index contributed by atoms with van der Waals surface area (Å²) in [4.78, 5) is 23.2. The lowest BCUT2D eigenvalue weighted by Gasteiger charge is -2.59. The second kappa shape index (κ2) is 7.08. The van der Waals surface area contributed by atoms with Gasteiger partial charge in [-0.05, 0) is 80.0 Å². The molecule has 0 spiro atoms. The average molecular weight is 415 g/mol. The summed E-state index contributed by atoms with van der Waals surface area (Å²) >= 11 is 0. The number of rotatable bonds is 4. The summed E-state index contributed by atoms with van der Waals surface area (Å²) in [5.74, 6) is 1.38. The van der Waals surface area contributed by atoms with Crippen molar-refractivity contribution in [2.24, 2.45) is 22.7 Å². The minimum absolute atomic E-state index is 0.0182. The van der Waals surface area contributed by atoms with Crippen molar-refractivity contribution in [1.82, 2.24) is 0 Å². The molecule has 2 saturated carbocycles. The van der Waals surface area contributed by atoms with E-state index < -0.39 is 0 Å². The SMILES string of the molecule is CC(=O)Oc1ccc(OC(C)=O)c(C[C@]2(C)[C@H]3CC[C@H]4O[C@]4(C)[C@]3(C)CC[C@@H]2C)c1. The number of hydrogen-bond donors (Lipinski definition) is 0. The van der Waals surface area contributed by atoms with Crippen LogP contribution in [-0.4, -0.2) is 23.6 Å². The quantitative estimate of drug-likeness (QED) is 0.390. The zero-order chi connectivity index (χ0) is 21.9. The maximum Gasteiger partial charge on any atom is 0.308 e. The van der Waals surface area contributed by atoms with Crippen LogP contribution in [0.5, 0.6) is 11.5 Å². The molecule has 164 valence electrons. The van der Waals surface area contributed by atoms with Gasteiger partial charge >= 0.3 is 11.9 Å². The van der Waals surface area contributed by atoms with E-state index >= 15 is 0 Å². The molecule has 0 unspecified atom stereocenters. The van der Waals surface area contributed by atoms with E-state index in [0.717, 1.165) is 31.2 Å². The number of carbonyl (C=O) groups excluding carboxylic acids is 2. The Morgan fingerprint density at radius 1 is 1.07 bits per heavy atom. The fourth-order valence-electron chi connectivity index (χ4n) is 6.64. The lowest BCUT2D eigenvalue weighted by atomic mass is 9.44. The third-order valence-corrected chi connectivity index (χ3v) is 8.70. The number of benzene rings is 1. The topological polar surface area (TPSA) is 65.1 Å². The highest BCUT2D eigenvalue weighted by Gasteiger charge is 2.71. The molecular formula is C25H34O5. The van der Waals surface area contributed by atoms with Crippen LogP contribution in [0.25, 0.3) is 0 Å². The van der Waals surface area contributed by atoms with E-state index in [4.69, 9.17) is 14.2 Å². The van der Waals surface area contributed by atoms with E-state index in [1.807, 2.05) is 6.07 Å². The summed E-state index contributed by atoms with van der Waals surface area (Å²) in [6.45, 7) is 12.3. The van der Waals surface area contributed by atoms with Crippen LogP contribution in [0.15, 0.2) is 18.2 Å². The Labute approximate surface area is 179 Å². The van der Waals surface area contributed by atoms with Crippen LogP contribution in [0.1, 0.15) is 72.8 Å². The van der Waals surface area contributed by atoms with Crippen LogP contribution in [0.2, 0.25) is 0 Å². The van der Waals surface area contributed by atoms with Crippen molar-refractivity contribution in [3.05, 3.63) is 23.8 Å². The molecule has 0 bridgehead atoms. The predicted octanol–water partition coefficient (Wildman–Crippen LogP) is 5.09. The molecule has 0 aromatic heterocycles. The van der Waals surface area contributed by atoms with Gasteiger partial charge in [0.05, 0.1) is 11.7 Å². The van der Waals surface area contributed by atoms with E-state index in [0.29, 0.717) is 29.4 Å². The molecule has 3 fully saturated rings. The monoisotopic (exact) mass is 414 g/mol. The average Bonchev–Trinajstić information content (AvgIpc) is 3.33. The number of esters is 2. The second-order valence-electron chi connectivity index (χ2n) is 10.3. The van der Waals surface area contributed by atoms with Gasteiger partial charge in [-0.3, -0.25) is 9.59 Å². The number of ether oxygens (including phenoxy) is 3. The van der Waals surface area contributed by atoms with E-state index in [1.54, 1.807) is 12.1 Å². The summed E-state index contributed by atoms with van der Waals surface area (Å²) in [7, 11) is 0. The third-order valence-electron chi connectivity index (χ3n) is 8.70. The van der Waals surface area contributed by atoms with E-state index in [2.05, 4.69) is 27.7 Å². The fourth-order valence-corrected chi connectivity index (χ4v) is 6.64. The first-order valence-corrected chi connectivity index (χ1v) is 11.2. The molecule has 0 radical (unpaired) electrons. The highest BCUT2D eigenvalue weighted by atomic mass is 16.6. The van der Waals surface area contributed by atoms with Gasteiger partial charge in [-0.15, -0.1) is 0 Å². The molecule has 5 nitrogen and oxygen atoms in total. The van der Waals surface area contributed by atoms with Gasteiger partial charge in [0.25, 0.3) is 0 Å². The van der Waals surface area contributed by atoms with Crippen molar-refractivity contribution in [2.45, 2.75) is 85.4 Å². The molecule has 3 aliphatic rings. The maximum atomic E-state index is 11.7. The van der Waals surface area contributed by atoms with Crippen molar-refractivity contribution in [2.75, 3.05) is 0 Å². The molecule has 2 aliphatic carbocycles. The van der Waals surface area contributed by atoms with Crippen molar-refractivity contribution < 1.29 is 23.8 Å². The highest BCUT2D eigenvalue weighted by Crippen LogP contribution is 2.70. The van der Waals surface area contributed by atoms with E-state index in [9.17, 15) is 9.59 Å². The Bertz CT molecular complexity index is 878. The molecule has 4 rings (SSSR count). The molecule has 5 heteroatoms. The minimum Gasteiger partial charge on any atom is -0.427 e. The molecule has 1 aromatic carbocycles. The highest BCUT2D eigenvalue weighted by molar-refractivity contribution is 5.71. The fraction of sp³-hybridized carbons (Fsp3) is 0.680. The van der Waals surface area contributed by atoms with Crippen LogP contribution in [0.3, 0.4) is 0 Å². The van der Waals surface area contributed by atoms with Gasteiger partial charge in [0.15, 0.2) is 0 Å². The van der Waals surface area contributed by atoms with Gasteiger partial charge in [-0.2, -0.15) is 0 Å². The summed E-state index contributed by atoms with van der Waals surface area (Å²) < 4.78 is 17.1. The van der Waals surface area contributed by atoms with Crippen LogP contribution in [0.4, 0.5) is 0 Å². The van der Waals surface area contributed by atoms with Crippen molar-refractivity contribution in [3.8, 4) is 11.5 Å². The molecule has 1 saturated heterocycles. The summed E-state index contributed by atoms with van der Waals surface area (Å²) in [6, 6.07) is 5.29. The molecule has 0 amide bonds. The zero-order valence-corrected chi connectivity index (χ0v) is 19.0. The first-order chi connectivity index (χ1) is 14.0. The molecule has 30 heavy (non-hydrogen) atoms. The van der Waals surface area contributed by atoms with E-state index in [-0.39, 0.29) is 28.4 Å². The van der Waals surface area contributed by atoms with Gasteiger partial charge in [0.2, 0.25) is 0 Å². The molecular weight excluding hydrogens is 380 g/mol. The number of epoxide rings is 1. The molecule has 6 atom stereocenters. The van der Waals surface area contributed by atoms with Crippen LogP contribution in [0, 0.1) is 22.7 Å². The van der Waals surface area contributed by atoms with Gasteiger partial charge < -0.3 is 14.2 Å². The van der Waals surface area contributed by atoms with Crippen LogP contribution < -0.4 is 9.47 Å². The largest absolute Gasteiger partial charge is 0.427 e. The van der Waals surface area contributed by atoms with Gasteiger partial charge in [0.1, 0.15) is 11.5 Å². The second-order valence-corrected chi connectivity index (χ2v) is 10.3. The first kappa shape index (κ1) is 21.4. The van der Waals surface area contributed by atoms with E-state index in [1.165, 1.54) is 20.3 Å². The normalized spacial score (nSPS) is 39.5. The Morgan fingerprint density at radius 3 is 2.43 bits per heavy atom. The molecule has 1 aromatic rings. The van der Waals surface area contributed by atoms with Gasteiger partial charge in [-0.1, -0.05) is 20.8 Å². The Morgan fingerprint density at radius 2 is 1.77 bits per heavy atom. The number of hydrogen-bond acceptors (Lipinski definition) is 5. The third kappa shape index (κ3) is 3.26. The minimum atomic E-state index is -0.358. The Kier molecular flexibility index (Phi) is 5.04. The van der Waals surface area contributed by atoms with Crippen LogP contribution in [-0.2, 0) is 20.7 Å². The predicted molar refractivity (Wildman–Crippen MR) is 113 cm³/mol. The number of carbonyl (C=O) groups is 2. The van der Waals surface area contributed by atoms with Crippen molar-refractivity contribution in [1.29, 1.82) is 0 Å². The molecule has 1 heterocycles. The lowest BCUT2D eigenvalue weighted by molar-refractivity contribution is -0.133. The van der Waals surface area contributed by atoms with Gasteiger partial charge in [-0.25, -0.2) is 0 Å².